The number of nitrogens with one attached hydrogen (secondary N) is 2. The number of piperidine rings is 1. The molecule has 1 aliphatic rings. The number of anilines is 1. The van der Waals surface area contributed by atoms with Crippen molar-refractivity contribution in [1.29, 1.82) is 0 Å². The third-order valence-corrected chi connectivity index (χ3v) is 5.88. The second-order valence-corrected chi connectivity index (χ2v) is 9.87. The first-order valence-corrected chi connectivity index (χ1v) is 11.7. The first-order chi connectivity index (χ1) is 15.7. The van der Waals surface area contributed by atoms with Gasteiger partial charge in [0.05, 0.1) is 6.20 Å². The van der Waals surface area contributed by atoms with Gasteiger partial charge in [-0.3, -0.25) is 10.1 Å². The fourth-order valence-corrected chi connectivity index (χ4v) is 4.00. The average Bonchev–Trinajstić information content (AvgIpc) is 3.24. The number of hydrogen-bond donors (Lipinski definition) is 2. The molecule has 0 radical (unpaired) electrons. The fraction of sp³-hybridized carbons (Fsp3) is 0.478. The zero-order valence-corrected chi connectivity index (χ0v) is 19.9. The topological polar surface area (TPSA) is 110 Å². The van der Waals surface area contributed by atoms with E-state index in [4.69, 9.17) is 9.47 Å². The van der Waals surface area contributed by atoms with Crippen LogP contribution in [-0.4, -0.2) is 53.2 Å². The number of nitrogens with zero attached hydrogens (tertiary/aromatic N) is 2. The maximum atomic E-state index is 12.4. The fourth-order valence-electron chi connectivity index (χ4n) is 3.28. The normalized spacial score (nSPS) is 14.5. The van der Waals surface area contributed by atoms with E-state index in [9.17, 15) is 14.4 Å². The second kappa shape index (κ2) is 11.1. The van der Waals surface area contributed by atoms with Gasteiger partial charge in [0.2, 0.25) is 0 Å². The van der Waals surface area contributed by atoms with Gasteiger partial charge < -0.3 is 19.7 Å². The van der Waals surface area contributed by atoms with Gasteiger partial charge in [0.15, 0.2) is 5.13 Å². The molecule has 2 aromatic rings. The quantitative estimate of drug-likeness (QED) is 0.647. The number of rotatable bonds is 6. The van der Waals surface area contributed by atoms with Crippen molar-refractivity contribution in [3.8, 4) is 0 Å². The van der Waals surface area contributed by atoms with Crippen LogP contribution in [-0.2, 0) is 16.1 Å². The van der Waals surface area contributed by atoms with Crippen LogP contribution in [0.25, 0.3) is 0 Å². The van der Waals surface area contributed by atoms with E-state index in [0.29, 0.717) is 29.6 Å². The van der Waals surface area contributed by atoms with Gasteiger partial charge in [-0.05, 0) is 45.1 Å². The van der Waals surface area contributed by atoms with Crippen molar-refractivity contribution in [3.63, 3.8) is 0 Å². The number of aromatic nitrogens is 1. The van der Waals surface area contributed by atoms with Crippen LogP contribution in [0.4, 0.5) is 14.7 Å². The molecule has 1 aromatic carbocycles. The molecule has 3 rings (SSSR count). The summed E-state index contributed by atoms with van der Waals surface area (Å²) in [5.41, 5.74) is 0.339. The molecule has 0 bridgehead atoms. The summed E-state index contributed by atoms with van der Waals surface area (Å²) in [5, 5.41) is 5.75. The highest BCUT2D eigenvalue weighted by atomic mass is 32.1. The molecule has 2 heterocycles. The number of benzene rings is 1. The molecule has 1 aliphatic heterocycles. The summed E-state index contributed by atoms with van der Waals surface area (Å²) in [6.07, 6.45) is 2.08. The predicted octanol–water partition coefficient (Wildman–Crippen LogP) is 4.27. The van der Waals surface area contributed by atoms with E-state index in [-0.39, 0.29) is 24.5 Å². The van der Waals surface area contributed by atoms with Crippen molar-refractivity contribution < 1.29 is 23.9 Å². The molecule has 3 amide bonds. The first kappa shape index (κ1) is 24.5. The maximum absolute atomic E-state index is 12.4. The summed E-state index contributed by atoms with van der Waals surface area (Å²) in [5.74, 6) is 0.0360. The van der Waals surface area contributed by atoms with E-state index in [0.717, 1.165) is 29.7 Å². The summed E-state index contributed by atoms with van der Waals surface area (Å²) in [6.45, 7) is 7.27. The Bertz CT molecular complexity index is 949. The van der Waals surface area contributed by atoms with E-state index < -0.39 is 11.7 Å². The number of amides is 3. The standard InChI is InChI=1S/C23H30N4O5S/c1-23(2,3)32-21(29)26-20-25-14-18(33-20)19(28)24-13-16-9-11-27(12-10-16)22(30)31-15-17-7-5-4-6-8-17/h4-8,14,16H,9-13,15H2,1-3H3,(H,24,28)(H,25,26,29). The summed E-state index contributed by atoms with van der Waals surface area (Å²) < 4.78 is 10.6. The van der Waals surface area contributed by atoms with Crippen molar-refractivity contribution >= 4 is 34.6 Å². The number of ether oxygens (including phenoxy) is 2. The number of hydrogen-bond acceptors (Lipinski definition) is 7. The SMILES string of the molecule is CC(C)(C)OC(=O)Nc1ncc(C(=O)NCC2CCN(C(=O)OCc3ccccc3)CC2)s1. The molecule has 1 fully saturated rings. The van der Waals surface area contributed by atoms with Crippen LogP contribution in [0.5, 0.6) is 0 Å². The lowest BCUT2D eigenvalue weighted by Gasteiger charge is -2.31. The summed E-state index contributed by atoms with van der Waals surface area (Å²) >= 11 is 1.09. The van der Waals surface area contributed by atoms with Crippen LogP contribution in [0.2, 0.25) is 0 Å². The Morgan fingerprint density at radius 3 is 2.52 bits per heavy atom. The summed E-state index contributed by atoms with van der Waals surface area (Å²) in [4.78, 5) is 42.7. The van der Waals surface area contributed by atoms with Crippen LogP contribution in [0.1, 0.15) is 48.8 Å². The van der Waals surface area contributed by atoms with Gasteiger partial charge in [-0.1, -0.05) is 41.7 Å². The Kier molecular flexibility index (Phi) is 8.26. The van der Waals surface area contributed by atoms with Gasteiger partial charge in [-0.25, -0.2) is 14.6 Å². The van der Waals surface area contributed by atoms with Gasteiger partial charge in [-0.15, -0.1) is 0 Å². The highest BCUT2D eigenvalue weighted by Crippen LogP contribution is 2.21. The zero-order valence-electron chi connectivity index (χ0n) is 19.1. The van der Waals surface area contributed by atoms with Gasteiger partial charge in [0.25, 0.3) is 5.91 Å². The largest absolute Gasteiger partial charge is 0.445 e. The number of carbonyl (C=O) groups is 3. The molecule has 0 aliphatic carbocycles. The Hall–Kier alpha value is -3.14. The molecule has 1 aromatic heterocycles. The molecule has 0 unspecified atom stereocenters. The van der Waals surface area contributed by atoms with Gasteiger partial charge >= 0.3 is 12.2 Å². The highest BCUT2D eigenvalue weighted by Gasteiger charge is 2.24. The molecule has 9 nitrogen and oxygen atoms in total. The monoisotopic (exact) mass is 474 g/mol. The predicted molar refractivity (Wildman–Crippen MR) is 125 cm³/mol. The zero-order chi connectivity index (χ0) is 23.8. The molecule has 10 heteroatoms. The van der Waals surface area contributed by atoms with Crippen LogP contribution >= 0.6 is 11.3 Å². The second-order valence-electron chi connectivity index (χ2n) is 8.84. The Morgan fingerprint density at radius 1 is 1.15 bits per heavy atom. The molecule has 0 saturated carbocycles. The molecular formula is C23H30N4O5S. The van der Waals surface area contributed by atoms with E-state index in [1.54, 1.807) is 25.7 Å². The minimum absolute atomic E-state index is 0.241. The van der Waals surface area contributed by atoms with E-state index in [1.165, 1.54) is 6.20 Å². The average molecular weight is 475 g/mol. The van der Waals surface area contributed by atoms with Crippen molar-refractivity contribution in [2.75, 3.05) is 25.0 Å². The van der Waals surface area contributed by atoms with Crippen LogP contribution in [0.3, 0.4) is 0 Å². The lowest BCUT2D eigenvalue weighted by Crippen LogP contribution is -2.41. The molecule has 178 valence electrons. The Balaban J connectivity index is 1.36. The van der Waals surface area contributed by atoms with Gasteiger partial charge in [-0.2, -0.15) is 0 Å². The minimum Gasteiger partial charge on any atom is -0.445 e. The molecule has 0 spiro atoms. The third-order valence-electron chi connectivity index (χ3n) is 4.97. The third kappa shape index (κ3) is 8.05. The minimum atomic E-state index is -0.615. The van der Waals surface area contributed by atoms with Crippen LogP contribution < -0.4 is 10.6 Å². The van der Waals surface area contributed by atoms with E-state index in [2.05, 4.69) is 15.6 Å². The number of likely N-dealkylation sites (tertiary alicyclic amines) is 1. The lowest BCUT2D eigenvalue weighted by molar-refractivity contribution is 0.0635. The van der Waals surface area contributed by atoms with Crippen LogP contribution in [0.15, 0.2) is 36.5 Å². The number of carbonyl (C=O) groups excluding carboxylic acids is 3. The van der Waals surface area contributed by atoms with Crippen molar-refractivity contribution in [2.45, 2.75) is 45.8 Å². The van der Waals surface area contributed by atoms with Gasteiger partial charge in [0, 0.05) is 19.6 Å². The highest BCUT2D eigenvalue weighted by molar-refractivity contribution is 7.17. The lowest BCUT2D eigenvalue weighted by atomic mass is 9.97. The van der Waals surface area contributed by atoms with Gasteiger partial charge in [0.1, 0.15) is 17.1 Å². The van der Waals surface area contributed by atoms with E-state index in [1.807, 2.05) is 30.3 Å². The number of thiazole rings is 1. The maximum Gasteiger partial charge on any atom is 0.413 e. The molecule has 0 atom stereocenters. The smallest absolute Gasteiger partial charge is 0.413 e. The molecule has 2 N–H and O–H groups in total. The summed E-state index contributed by atoms with van der Waals surface area (Å²) in [6, 6.07) is 9.58. The van der Waals surface area contributed by atoms with Crippen LogP contribution in [0, 0.1) is 5.92 Å². The molecule has 1 saturated heterocycles. The molecular weight excluding hydrogens is 444 g/mol. The molecule has 33 heavy (non-hydrogen) atoms. The Morgan fingerprint density at radius 2 is 1.85 bits per heavy atom. The Labute approximate surface area is 197 Å². The van der Waals surface area contributed by atoms with Crippen molar-refractivity contribution in [2.24, 2.45) is 5.92 Å². The van der Waals surface area contributed by atoms with Crippen molar-refractivity contribution in [1.82, 2.24) is 15.2 Å². The first-order valence-electron chi connectivity index (χ1n) is 10.9. The van der Waals surface area contributed by atoms with Crippen molar-refractivity contribution in [3.05, 3.63) is 47.0 Å². The van der Waals surface area contributed by atoms with E-state index >= 15 is 0 Å². The summed E-state index contributed by atoms with van der Waals surface area (Å²) in [7, 11) is 0.